The zero-order chi connectivity index (χ0) is 0. The summed E-state index contributed by atoms with van der Waals surface area (Å²) in [7, 11) is 0. The predicted octanol–water partition coefficient (Wildman–Crippen LogP) is 0.672. The molecule has 0 saturated carbocycles. The third-order valence-electron chi connectivity index (χ3n) is 0. The van der Waals surface area contributed by atoms with E-state index in [0.29, 0.717) is 0 Å². The summed E-state index contributed by atoms with van der Waals surface area (Å²) in [4.78, 5) is 0. The summed E-state index contributed by atoms with van der Waals surface area (Å²) in [6, 6.07) is 0. The summed E-state index contributed by atoms with van der Waals surface area (Å²) in [5.74, 6) is 0. The normalized spacial score (nSPS) is 0. The summed E-state index contributed by atoms with van der Waals surface area (Å²) in [5.41, 5.74) is 0. The van der Waals surface area contributed by atoms with E-state index in [-0.39, 0.29) is 595 Å². The standard InChI is InChI=1S/H2N.18Y/h1H2;;;;;;;;;;;;;;;;;;/q-1;;;;;;;;;;;;;;;;;;. The van der Waals surface area contributed by atoms with Gasteiger partial charge >= 0.3 is 0 Å². The zero-order valence-electron chi connectivity index (χ0n) is 11.0. The molecule has 0 aromatic heterocycles. The van der Waals surface area contributed by atoms with Crippen molar-refractivity contribution in [3.8, 4) is 0 Å². The largest absolute Gasteiger partial charge is 0.693 e. The van der Waals surface area contributed by atoms with E-state index in [1.165, 1.54) is 0 Å². The average molecular weight is 1620 g/mol. The molecule has 0 rings (SSSR count). The molecule has 0 spiro atoms. The molecule has 0 aliphatic rings. The molecular weight excluding hydrogens is 1610 g/mol. The van der Waals surface area contributed by atoms with Crippen molar-refractivity contribution >= 4 is 0 Å². The first kappa shape index (κ1) is 141. The first-order chi connectivity index (χ1) is 0. The van der Waals surface area contributed by atoms with Crippen LogP contribution in [0.25, 0.3) is 6.15 Å². The van der Waals surface area contributed by atoms with Crippen molar-refractivity contribution in [3.05, 3.63) is 6.15 Å². The number of hydrogen-bond donors (Lipinski definition) is 0. The van der Waals surface area contributed by atoms with Gasteiger partial charge in [-0.3, -0.25) is 0 Å². The minimum Gasteiger partial charge on any atom is -0.693 e. The van der Waals surface area contributed by atoms with Crippen LogP contribution in [0.2, 0.25) is 0 Å². The molecule has 0 heterocycles. The second-order valence-corrected chi connectivity index (χ2v) is 0. The molecule has 19 heavy (non-hydrogen) atoms. The first-order valence-electron chi connectivity index (χ1n) is 0. The maximum atomic E-state index is 0. The first-order valence-corrected chi connectivity index (χ1v) is 0. The fourth-order valence-electron chi connectivity index (χ4n) is 0. The van der Waals surface area contributed by atoms with Crippen molar-refractivity contribution in [1.82, 2.24) is 0 Å². The van der Waals surface area contributed by atoms with E-state index < -0.39 is 0 Å². The maximum Gasteiger partial charge on any atom is 0 e. The summed E-state index contributed by atoms with van der Waals surface area (Å²) < 4.78 is 0. The van der Waals surface area contributed by atoms with Crippen LogP contribution in [0.3, 0.4) is 0 Å². The van der Waals surface area contributed by atoms with Gasteiger partial charge in [-0.2, -0.15) is 0 Å². The third-order valence-corrected chi connectivity index (χ3v) is 0. The van der Waals surface area contributed by atoms with Gasteiger partial charge in [0.15, 0.2) is 0 Å². The van der Waals surface area contributed by atoms with Gasteiger partial charge < -0.3 is 6.15 Å². The van der Waals surface area contributed by atoms with Gasteiger partial charge in [0.2, 0.25) is 0 Å². The van der Waals surface area contributed by atoms with Crippen molar-refractivity contribution in [1.29, 1.82) is 0 Å². The molecule has 0 aromatic carbocycles. The van der Waals surface area contributed by atoms with Crippen LogP contribution in [0.5, 0.6) is 0 Å². The molecule has 0 atom stereocenters. The van der Waals surface area contributed by atoms with Gasteiger partial charge in [-0.05, 0) is 0 Å². The number of hydrogen-bond acceptors (Lipinski definition) is 0. The van der Waals surface area contributed by atoms with Gasteiger partial charge in [-0.1, -0.05) is 0 Å². The van der Waals surface area contributed by atoms with Crippen LogP contribution in [-0.4, -0.2) is 0 Å². The van der Waals surface area contributed by atoms with Gasteiger partial charge in [0, 0.05) is 589 Å². The Morgan fingerprint density at radius 1 is 0.105 bits per heavy atom. The molecule has 0 unspecified atom stereocenters. The van der Waals surface area contributed by atoms with E-state index in [0.717, 1.165) is 0 Å². The molecule has 1 nitrogen and oxygen atoms in total. The van der Waals surface area contributed by atoms with E-state index in [2.05, 4.69) is 0 Å². The van der Waals surface area contributed by atoms with Gasteiger partial charge in [-0.25, -0.2) is 0 Å². The smallest absolute Gasteiger partial charge is 0 e. The minimum absolute atomic E-state index is 0. The van der Waals surface area contributed by atoms with Crippen LogP contribution in [0.1, 0.15) is 0 Å². The third kappa shape index (κ3) is 124. The Morgan fingerprint density at radius 2 is 0.105 bits per heavy atom. The van der Waals surface area contributed by atoms with E-state index in [1.54, 1.807) is 0 Å². The monoisotopic (exact) mass is 1620 g/mol. The molecule has 0 amide bonds. The van der Waals surface area contributed by atoms with E-state index in [4.69, 9.17) is 0 Å². The van der Waals surface area contributed by atoms with Gasteiger partial charge in [0.05, 0.1) is 0 Å². The molecule has 0 saturated heterocycles. The zero-order valence-corrected chi connectivity index (χ0v) is 62.1. The fraction of sp³-hybridized carbons (Fsp3) is 0. The Labute approximate surface area is 572 Å². The number of rotatable bonds is 0. The maximum absolute atomic E-state index is 0. The SMILES string of the molecule is [NH2-].[Y].[Y].[Y].[Y].[Y].[Y].[Y].[Y].[Y].[Y].[Y].[Y].[Y].[Y].[Y].[Y].[Y].[Y]. The van der Waals surface area contributed by atoms with Crippen LogP contribution >= 0.6 is 0 Å². The van der Waals surface area contributed by atoms with Crippen LogP contribution in [-0.2, 0) is 589 Å². The second kappa shape index (κ2) is 130. The Morgan fingerprint density at radius 3 is 0.105 bits per heavy atom. The Kier molecular flexibility index (Phi) is 971. The Balaban J connectivity index is 0. The average Bonchev–Trinajstić information content (AvgIpc) is 0. The molecule has 18 radical (unpaired) electrons. The van der Waals surface area contributed by atoms with Crippen LogP contribution in [0.15, 0.2) is 0 Å². The summed E-state index contributed by atoms with van der Waals surface area (Å²) in [6.45, 7) is 0. The van der Waals surface area contributed by atoms with E-state index >= 15 is 0 Å². The fourth-order valence-corrected chi connectivity index (χ4v) is 0. The summed E-state index contributed by atoms with van der Waals surface area (Å²) in [5, 5.41) is 0. The van der Waals surface area contributed by atoms with Gasteiger partial charge in [-0.15, -0.1) is 0 Å². The number of nitrogens with two attached hydrogens (primary N) is 1. The summed E-state index contributed by atoms with van der Waals surface area (Å²) >= 11 is 0. The van der Waals surface area contributed by atoms with Crippen LogP contribution in [0, 0.1) is 0 Å². The topological polar surface area (TPSA) is 33.5 Å². The van der Waals surface area contributed by atoms with E-state index in [9.17, 15) is 0 Å². The van der Waals surface area contributed by atoms with Gasteiger partial charge in [0.1, 0.15) is 0 Å². The van der Waals surface area contributed by atoms with Crippen molar-refractivity contribution < 1.29 is 589 Å². The molecule has 0 fully saturated rings. The van der Waals surface area contributed by atoms with Gasteiger partial charge in [0.25, 0.3) is 0 Å². The van der Waals surface area contributed by atoms with Crippen molar-refractivity contribution in [2.24, 2.45) is 0 Å². The molecule has 62 valence electrons. The molecule has 0 aliphatic carbocycles. The molecule has 0 aromatic rings. The molecule has 2 N–H and O–H groups in total. The second-order valence-electron chi connectivity index (χ2n) is 0. The predicted molar refractivity (Wildman–Crippen MR) is 5.28 cm³/mol. The molecule has 19 heteroatoms. The van der Waals surface area contributed by atoms with Crippen LogP contribution in [0.4, 0.5) is 0 Å². The van der Waals surface area contributed by atoms with Crippen molar-refractivity contribution in [2.75, 3.05) is 0 Å². The molecule has 0 aliphatic heterocycles. The quantitative estimate of drug-likeness (QED) is 0.343. The van der Waals surface area contributed by atoms with Crippen molar-refractivity contribution in [2.45, 2.75) is 0 Å². The van der Waals surface area contributed by atoms with Crippen molar-refractivity contribution in [3.63, 3.8) is 0 Å². The molecular formula is H2NY18-. The summed E-state index contributed by atoms with van der Waals surface area (Å²) in [6.07, 6.45) is 0. The molecule has 0 bridgehead atoms. The minimum atomic E-state index is 0. The Hall–Kier alpha value is 19.8. The van der Waals surface area contributed by atoms with E-state index in [1.807, 2.05) is 0 Å². The Bertz CT molecular complexity index is 5.65. The van der Waals surface area contributed by atoms with Crippen LogP contribution < -0.4 is 0 Å².